The van der Waals surface area contributed by atoms with Crippen LogP contribution < -0.4 is 5.73 Å². The summed E-state index contributed by atoms with van der Waals surface area (Å²) in [6, 6.07) is 9.64. The minimum Gasteiger partial charge on any atom is -0.478 e. The van der Waals surface area contributed by atoms with Gasteiger partial charge in [0.15, 0.2) is 0 Å². The van der Waals surface area contributed by atoms with E-state index < -0.39 is 11.9 Å². The lowest BCUT2D eigenvalue weighted by atomic mass is 10.1. The average molecular weight is 242 g/mol. The molecule has 1 amide bonds. The van der Waals surface area contributed by atoms with Gasteiger partial charge in [0.05, 0.1) is 5.56 Å². The lowest BCUT2D eigenvalue weighted by Crippen LogP contribution is -2.12. The van der Waals surface area contributed by atoms with Crippen molar-refractivity contribution in [3.8, 4) is 11.1 Å². The number of pyridine rings is 1. The van der Waals surface area contributed by atoms with Crippen LogP contribution in [0.15, 0.2) is 42.6 Å². The minimum atomic E-state index is -0.969. The topological polar surface area (TPSA) is 93.3 Å². The summed E-state index contributed by atoms with van der Waals surface area (Å²) >= 11 is 0. The van der Waals surface area contributed by atoms with E-state index in [1.807, 2.05) is 0 Å². The van der Waals surface area contributed by atoms with Crippen molar-refractivity contribution in [1.29, 1.82) is 0 Å². The van der Waals surface area contributed by atoms with Crippen molar-refractivity contribution in [2.24, 2.45) is 5.73 Å². The zero-order valence-electron chi connectivity index (χ0n) is 9.33. The molecular weight excluding hydrogens is 232 g/mol. The second kappa shape index (κ2) is 4.67. The highest BCUT2D eigenvalue weighted by molar-refractivity contribution is 5.91. The zero-order chi connectivity index (χ0) is 13.1. The van der Waals surface area contributed by atoms with Crippen LogP contribution in [0.25, 0.3) is 11.1 Å². The molecule has 1 aromatic heterocycles. The predicted molar refractivity (Wildman–Crippen MR) is 65.2 cm³/mol. The number of carboxylic acid groups (broad SMARTS) is 1. The molecule has 0 bridgehead atoms. The minimum absolute atomic E-state index is 0.195. The first-order valence-corrected chi connectivity index (χ1v) is 5.17. The Kier molecular flexibility index (Phi) is 3.05. The van der Waals surface area contributed by atoms with Gasteiger partial charge >= 0.3 is 5.97 Å². The standard InChI is InChI=1S/C13H10N2O3/c14-12(16)11-6-5-10(7-15-11)8-1-3-9(4-2-8)13(17)18/h1-7H,(H2,14,16)(H,17,18). The van der Waals surface area contributed by atoms with Crippen LogP contribution >= 0.6 is 0 Å². The van der Waals surface area contributed by atoms with Crippen LogP contribution in [0, 0.1) is 0 Å². The van der Waals surface area contributed by atoms with Gasteiger partial charge in [-0.2, -0.15) is 0 Å². The Hall–Kier alpha value is -2.69. The smallest absolute Gasteiger partial charge is 0.335 e. The van der Waals surface area contributed by atoms with Gasteiger partial charge in [-0.1, -0.05) is 18.2 Å². The molecule has 90 valence electrons. The number of nitrogens with two attached hydrogens (primary N) is 1. The summed E-state index contributed by atoms with van der Waals surface area (Å²) in [5.41, 5.74) is 7.12. The molecule has 0 aliphatic carbocycles. The summed E-state index contributed by atoms with van der Waals surface area (Å²) in [6.07, 6.45) is 1.52. The fourth-order valence-corrected chi connectivity index (χ4v) is 1.52. The first-order valence-electron chi connectivity index (χ1n) is 5.17. The van der Waals surface area contributed by atoms with E-state index in [0.717, 1.165) is 11.1 Å². The molecule has 5 nitrogen and oxygen atoms in total. The third kappa shape index (κ3) is 2.35. The Balaban J connectivity index is 2.31. The van der Waals surface area contributed by atoms with Crippen LogP contribution in [0.3, 0.4) is 0 Å². The van der Waals surface area contributed by atoms with Crippen molar-refractivity contribution >= 4 is 11.9 Å². The van der Waals surface area contributed by atoms with Crippen molar-refractivity contribution < 1.29 is 14.7 Å². The average Bonchev–Trinajstić information content (AvgIpc) is 2.39. The van der Waals surface area contributed by atoms with Crippen molar-refractivity contribution in [2.75, 3.05) is 0 Å². The molecule has 1 heterocycles. The number of hydrogen-bond donors (Lipinski definition) is 2. The normalized spacial score (nSPS) is 10.0. The number of benzene rings is 1. The van der Waals surface area contributed by atoms with Crippen molar-refractivity contribution in [1.82, 2.24) is 4.98 Å². The molecule has 18 heavy (non-hydrogen) atoms. The number of amides is 1. The molecule has 0 aliphatic heterocycles. The number of aromatic nitrogens is 1. The van der Waals surface area contributed by atoms with Gasteiger partial charge in [0.1, 0.15) is 5.69 Å². The highest BCUT2D eigenvalue weighted by atomic mass is 16.4. The number of rotatable bonds is 3. The fraction of sp³-hybridized carbons (Fsp3) is 0. The van der Waals surface area contributed by atoms with Gasteiger partial charge in [-0.05, 0) is 23.8 Å². The van der Waals surface area contributed by atoms with E-state index in [0.29, 0.717) is 0 Å². The molecule has 0 fully saturated rings. The number of carbonyl (C=O) groups is 2. The number of aromatic carboxylic acids is 1. The Morgan fingerprint density at radius 3 is 2.06 bits per heavy atom. The molecule has 5 heteroatoms. The van der Waals surface area contributed by atoms with E-state index in [4.69, 9.17) is 10.8 Å². The fourth-order valence-electron chi connectivity index (χ4n) is 1.52. The lowest BCUT2D eigenvalue weighted by molar-refractivity contribution is 0.0696. The number of hydrogen-bond acceptors (Lipinski definition) is 3. The molecule has 0 saturated heterocycles. The lowest BCUT2D eigenvalue weighted by Gasteiger charge is -2.02. The second-order valence-electron chi connectivity index (χ2n) is 3.68. The van der Waals surface area contributed by atoms with E-state index in [9.17, 15) is 9.59 Å². The number of primary amides is 1. The van der Waals surface area contributed by atoms with Gasteiger partial charge < -0.3 is 10.8 Å². The van der Waals surface area contributed by atoms with E-state index in [1.165, 1.54) is 24.4 Å². The van der Waals surface area contributed by atoms with Gasteiger partial charge in [-0.15, -0.1) is 0 Å². The van der Waals surface area contributed by atoms with Crippen molar-refractivity contribution in [2.45, 2.75) is 0 Å². The summed E-state index contributed by atoms with van der Waals surface area (Å²) in [5, 5.41) is 8.78. The number of carboxylic acids is 1. The quantitative estimate of drug-likeness (QED) is 0.853. The molecule has 0 spiro atoms. The predicted octanol–water partition coefficient (Wildman–Crippen LogP) is 1.55. The highest BCUT2D eigenvalue weighted by Gasteiger charge is 2.05. The molecule has 2 rings (SSSR count). The molecular formula is C13H10N2O3. The number of carbonyl (C=O) groups excluding carboxylic acids is 1. The summed E-state index contributed by atoms with van der Waals surface area (Å²) in [5.74, 6) is -1.55. The van der Waals surface area contributed by atoms with Crippen molar-refractivity contribution in [3.63, 3.8) is 0 Å². The third-order valence-corrected chi connectivity index (χ3v) is 2.48. The van der Waals surface area contributed by atoms with Gasteiger partial charge in [-0.25, -0.2) is 4.79 Å². The molecule has 0 aliphatic rings. The molecule has 3 N–H and O–H groups in total. The van der Waals surface area contributed by atoms with Crippen LogP contribution in [0.1, 0.15) is 20.8 Å². The van der Waals surface area contributed by atoms with Crippen LogP contribution in [0.2, 0.25) is 0 Å². The Morgan fingerprint density at radius 2 is 1.61 bits per heavy atom. The summed E-state index contributed by atoms with van der Waals surface area (Å²) in [4.78, 5) is 25.5. The van der Waals surface area contributed by atoms with Gasteiger partial charge in [0.25, 0.3) is 5.91 Å². The maximum Gasteiger partial charge on any atom is 0.335 e. The highest BCUT2D eigenvalue weighted by Crippen LogP contribution is 2.19. The van der Waals surface area contributed by atoms with E-state index >= 15 is 0 Å². The summed E-state index contributed by atoms with van der Waals surface area (Å²) in [7, 11) is 0. The Labute approximate surface area is 103 Å². The van der Waals surface area contributed by atoms with Crippen LogP contribution in [-0.2, 0) is 0 Å². The SMILES string of the molecule is NC(=O)c1ccc(-c2ccc(C(=O)O)cc2)cn1. The number of nitrogens with zero attached hydrogens (tertiary/aromatic N) is 1. The van der Waals surface area contributed by atoms with Crippen LogP contribution in [0.4, 0.5) is 0 Å². The second-order valence-corrected chi connectivity index (χ2v) is 3.68. The molecule has 2 aromatic rings. The first-order chi connectivity index (χ1) is 8.58. The molecule has 0 saturated carbocycles. The Bertz CT molecular complexity index is 533. The summed E-state index contributed by atoms with van der Waals surface area (Å²) in [6.45, 7) is 0. The molecule has 1 aromatic carbocycles. The van der Waals surface area contributed by atoms with Crippen LogP contribution in [-0.4, -0.2) is 22.0 Å². The molecule has 0 radical (unpaired) electrons. The molecule has 0 atom stereocenters. The van der Waals surface area contributed by atoms with E-state index in [1.54, 1.807) is 18.2 Å². The molecule has 0 unspecified atom stereocenters. The first kappa shape index (κ1) is 11.8. The van der Waals surface area contributed by atoms with Gasteiger partial charge in [0, 0.05) is 11.8 Å². The monoisotopic (exact) mass is 242 g/mol. The van der Waals surface area contributed by atoms with E-state index in [2.05, 4.69) is 4.98 Å². The van der Waals surface area contributed by atoms with Gasteiger partial charge in [0.2, 0.25) is 0 Å². The third-order valence-electron chi connectivity index (χ3n) is 2.48. The Morgan fingerprint density at radius 1 is 1.00 bits per heavy atom. The van der Waals surface area contributed by atoms with Crippen molar-refractivity contribution in [3.05, 3.63) is 53.9 Å². The van der Waals surface area contributed by atoms with E-state index in [-0.39, 0.29) is 11.3 Å². The maximum absolute atomic E-state index is 10.9. The maximum atomic E-state index is 10.9. The van der Waals surface area contributed by atoms with Crippen LogP contribution in [0.5, 0.6) is 0 Å². The summed E-state index contributed by atoms with van der Waals surface area (Å²) < 4.78 is 0. The largest absolute Gasteiger partial charge is 0.478 e. The zero-order valence-corrected chi connectivity index (χ0v) is 9.33. The van der Waals surface area contributed by atoms with Gasteiger partial charge in [-0.3, -0.25) is 9.78 Å².